The number of aryl methyl sites for hydroxylation is 1. The molecule has 0 aromatic carbocycles. The van der Waals surface area contributed by atoms with Crippen LogP contribution in [0.3, 0.4) is 0 Å². The molecule has 1 rings (SSSR count). The molecule has 1 aromatic heterocycles. The van der Waals surface area contributed by atoms with Crippen LogP contribution in [0.15, 0.2) is 12.4 Å². The van der Waals surface area contributed by atoms with Crippen LogP contribution in [-0.2, 0) is 7.05 Å². The molecule has 0 spiro atoms. The van der Waals surface area contributed by atoms with Crippen molar-refractivity contribution in [3.8, 4) is 0 Å². The van der Waals surface area contributed by atoms with Gasteiger partial charge in [-0.1, -0.05) is 6.92 Å². The summed E-state index contributed by atoms with van der Waals surface area (Å²) in [5, 5.41) is 12.3. The lowest BCUT2D eigenvalue weighted by molar-refractivity contribution is 0.237. The predicted octanol–water partition coefficient (Wildman–Crippen LogP) is 0.842. The molecule has 1 aromatic rings. The summed E-state index contributed by atoms with van der Waals surface area (Å²) >= 11 is 0. The number of aliphatic hydroxyl groups is 1. The molecule has 0 aliphatic carbocycles. The van der Waals surface area contributed by atoms with Crippen LogP contribution in [0.4, 0.5) is 0 Å². The molecule has 0 bridgehead atoms. The van der Waals surface area contributed by atoms with Gasteiger partial charge in [0, 0.05) is 25.5 Å². The lowest BCUT2D eigenvalue weighted by atomic mass is 10.2. The molecule has 0 amide bonds. The van der Waals surface area contributed by atoms with E-state index in [0.29, 0.717) is 0 Å². The molecule has 2 N–H and O–H groups in total. The lowest BCUT2D eigenvalue weighted by Gasteiger charge is -2.20. The van der Waals surface area contributed by atoms with E-state index < -0.39 is 0 Å². The molecule has 1 heterocycles. The van der Waals surface area contributed by atoms with E-state index in [2.05, 4.69) is 17.2 Å². The Morgan fingerprint density at radius 2 is 2.36 bits per heavy atom. The van der Waals surface area contributed by atoms with Crippen LogP contribution in [0.25, 0.3) is 0 Å². The first-order valence-corrected chi connectivity index (χ1v) is 5.03. The van der Waals surface area contributed by atoms with Gasteiger partial charge in [-0.15, -0.1) is 0 Å². The standard InChI is InChI=1S/C10H19N3O/c1-4-9(12-8(2)7-14)10-11-5-6-13(10)3/h5-6,8-9,12,14H,4,7H2,1-3H3. The van der Waals surface area contributed by atoms with Crippen molar-refractivity contribution in [3.05, 3.63) is 18.2 Å². The topological polar surface area (TPSA) is 50.1 Å². The van der Waals surface area contributed by atoms with Crippen LogP contribution in [-0.4, -0.2) is 27.3 Å². The third kappa shape index (κ3) is 2.56. The first-order valence-electron chi connectivity index (χ1n) is 5.03. The summed E-state index contributed by atoms with van der Waals surface area (Å²) < 4.78 is 2.01. The molecule has 0 aliphatic rings. The van der Waals surface area contributed by atoms with Crippen molar-refractivity contribution in [3.63, 3.8) is 0 Å². The minimum Gasteiger partial charge on any atom is -0.395 e. The van der Waals surface area contributed by atoms with E-state index in [9.17, 15) is 0 Å². The minimum absolute atomic E-state index is 0.108. The Kier molecular flexibility index (Phi) is 4.10. The van der Waals surface area contributed by atoms with Gasteiger partial charge in [0.1, 0.15) is 5.82 Å². The quantitative estimate of drug-likeness (QED) is 0.735. The van der Waals surface area contributed by atoms with E-state index in [1.165, 1.54) is 0 Å². The maximum Gasteiger partial charge on any atom is 0.125 e. The first-order chi connectivity index (χ1) is 6.69. The first kappa shape index (κ1) is 11.2. The van der Waals surface area contributed by atoms with Crippen molar-refractivity contribution in [1.82, 2.24) is 14.9 Å². The Morgan fingerprint density at radius 3 is 2.79 bits per heavy atom. The van der Waals surface area contributed by atoms with E-state index in [1.807, 2.05) is 24.7 Å². The van der Waals surface area contributed by atoms with Crippen molar-refractivity contribution in [2.45, 2.75) is 32.4 Å². The second-order valence-electron chi connectivity index (χ2n) is 3.61. The molecular weight excluding hydrogens is 178 g/mol. The predicted molar refractivity (Wildman–Crippen MR) is 55.9 cm³/mol. The number of aromatic nitrogens is 2. The van der Waals surface area contributed by atoms with Crippen LogP contribution in [0.2, 0.25) is 0 Å². The number of hydrogen-bond acceptors (Lipinski definition) is 3. The van der Waals surface area contributed by atoms with Crippen molar-refractivity contribution >= 4 is 0 Å². The molecule has 0 radical (unpaired) electrons. The average Bonchev–Trinajstić information content (AvgIpc) is 2.60. The third-order valence-corrected chi connectivity index (χ3v) is 2.34. The van der Waals surface area contributed by atoms with Crippen LogP contribution in [0.5, 0.6) is 0 Å². The van der Waals surface area contributed by atoms with Gasteiger partial charge in [0.25, 0.3) is 0 Å². The molecule has 80 valence electrons. The van der Waals surface area contributed by atoms with Crippen molar-refractivity contribution in [1.29, 1.82) is 0 Å². The second-order valence-corrected chi connectivity index (χ2v) is 3.61. The van der Waals surface area contributed by atoms with Gasteiger partial charge in [0.05, 0.1) is 12.6 Å². The highest BCUT2D eigenvalue weighted by molar-refractivity contribution is 4.98. The Balaban J connectivity index is 2.67. The lowest BCUT2D eigenvalue weighted by Crippen LogP contribution is -2.34. The number of hydrogen-bond donors (Lipinski definition) is 2. The summed E-state index contributed by atoms with van der Waals surface area (Å²) in [6.07, 6.45) is 4.70. The highest BCUT2D eigenvalue weighted by Gasteiger charge is 2.15. The summed E-state index contributed by atoms with van der Waals surface area (Å²) in [6.45, 7) is 4.23. The number of aliphatic hydroxyl groups excluding tert-OH is 1. The highest BCUT2D eigenvalue weighted by atomic mass is 16.3. The maximum atomic E-state index is 8.96. The van der Waals surface area contributed by atoms with Gasteiger partial charge in [0.2, 0.25) is 0 Å². The Bertz CT molecular complexity index is 272. The van der Waals surface area contributed by atoms with Gasteiger partial charge in [0.15, 0.2) is 0 Å². The van der Waals surface area contributed by atoms with E-state index >= 15 is 0 Å². The van der Waals surface area contributed by atoms with Gasteiger partial charge >= 0.3 is 0 Å². The van der Waals surface area contributed by atoms with Gasteiger partial charge in [-0.25, -0.2) is 4.98 Å². The third-order valence-electron chi connectivity index (χ3n) is 2.34. The normalized spacial score (nSPS) is 15.4. The summed E-state index contributed by atoms with van der Waals surface area (Å²) in [6, 6.07) is 0.328. The number of imidazole rings is 1. The van der Waals surface area contributed by atoms with Crippen molar-refractivity contribution in [2.24, 2.45) is 7.05 Å². The molecule has 2 atom stereocenters. The zero-order valence-electron chi connectivity index (χ0n) is 9.07. The fourth-order valence-electron chi connectivity index (χ4n) is 1.48. The molecule has 0 fully saturated rings. The minimum atomic E-state index is 0.108. The zero-order chi connectivity index (χ0) is 10.6. The van der Waals surface area contributed by atoms with Crippen LogP contribution in [0, 0.1) is 0 Å². The number of nitrogens with zero attached hydrogens (tertiary/aromatic N) is 2. The molecule has 0 aliphatic heterocycles. The molecule has 2 unspecified atom stereocenters. The van der Waals surface area contributed by atoms with Gasteiger partial charge in [-0.2, -0.15) is 0 Å². The zero-order valence-corrected chi connectivity index (χ0v) is 9.07. The molecule has 0 saturated heterocycles. The van der Waals surface area contributed by atoms with Crippen LogP contribution in [0.1, 0.15) is 32.1 Å². The smallest absolute Gasteiger partial charge is 0.125 e. The van der Waals surface area contributed by atoms with E-state index in [4.69, 9.17) is 5.11 Å². The Hall–Kier alpha value is -0.870. The summed E-state index contributed by atoms with van der Waals surface area (Å²) in [5.41, 5.74) is 0. The maximum absolute atomic E-state index is 8.96. The fraction of sp³-hybridized carbons (Fsp3) is 0.700. The van der Waals surface area contributed by atoms with Gasteiger partial charge in [-0.05, 0) is 13.3 Å². The molecule has 4 heteroatoms. The SMILES string of the molecule is CCC(NC(C)CO)c1nccn1C. The van der Waals surface area contributed by atoms with Gasteiger partial charge in [-0.3, -0.25) is 0 Å². The molecule has 0 saturated carbocycles. The monoisotopic (exact) mass is 197 g/mol. The van der Waals surface area contributed by atoms with Crippen LogP contribution >= 0.6 is 0 Å². The highest BCUT2D eigenvalue weighted by Crippen LogP contribution is 2.14. The molecular formula is C10H19N3O. The fourth-order valence-corrected chi connectivity index (χ4v) is 1.48. The molecule has 14 heavy (non-hydrogen) atoms. The second kappa shape index (κ2) is 5.12. The average molecular weight is 197 g/mol. The summed E-state index contributed by atoms with van der Waals surface area (Å²) in [4.78, 5) is 4.29. The van der Waals surface area contributed by atoms with Gasteiger partial charge < -0.3 is 15.0 Å². The van der Waals surface area contributed by atoms with E-state index in [1.54, 1.807) is 6.20 Å². The number of nitrogens with one attached hydrogen (secondary N) is 1. The van der Waals surface area contributed by atoms with Crippen molar-refractivity contribution in [2.75, 3.05) is 6.61 Å². The Labute approximate surface area is 85.0 Å². The largest absolute Gasteiger partial charge is 0.395 e. The summed E-state index contributed by atoms with van der Waals surface area (Å²) in [5.74, 6) is 1.02. The van der Waals surface area contributed by atoms with E-state index in [0.717, 1.165) is 12.2 Å². The Morgan fingerprint density at radius 1 is 1.64 bits per heavy atom. The van der Waals surface area contributed by atoms with Crippen LogP contribution < -0.4 is 5.32 Å². The summed E-state index contributed by atoms with van der Waals surface area (Å²) in [7, 11) is 1.98. The molecule has 4 nitrogen and oxygen atoms in total. The van der Waals surface area contributed by atoms with E-state index in [-0.39, 0.29) is 18.7 Å². The van der Waals surface area contributed by atoms with Crippen molar-refractivity contribution < 1.29 is 5.11 Å². The number of rotatable bonds is 5.